The number of rotatable bonds is 7. The van der Waals surface area contributed by atoms with Gasteiger partial charge in [0.05, 0.1) is 12.2 Å². The molecule has 1 heterocycles. The average Bonchev–Trinajstić information content (AvgIpc) is 2.71. The van der Waals surface area contributed by atoms with Gasteiger partial charge in [-0.1, -0.05) is 0 Å². The van der Waals surface area contributed by atoms with Crippen molar-refractivity contribution in [2.45, 2.75) is 39.3 Å². The third-order valence-corrected chi connectivity index (χ3v) is 2.76. The molecule has 0 aliphatic carbocycles. The molecule has 0 saturated heterocycles. The number of carbonyl (C=O) groups is 3. The van der Waals surface area contributed by atoms with Crippen LogP contribution in [-0.2, 0) is 16.1 Å². The number of aromatic nitrogens is 1. The van der Waals surface area contributed by atoms with Crippen LogP contribution in [0.1, 0.15) is 30.2 Å². The van der Waals surface area contributed by atoms with Crippen molar-refractivity contribution >= 4 is 17.9 Å². The minimum Gasteiger partial charge on any atom is -0.480 e. The summed E-state index contributed by atoms with van der Waals surface area (Å²) in [5.74, 6) is -0.898. The number of oxazole rings is 1. The SMILES string of the molecule is Cc1nc(CNC(=O)N[C@H](CCC(N)=O)C(=O)O)oc1C. The number of hydrogen-bond acceptors (Lipinski definition) is 5. The van der Waals surface area contributed by atoms with Crippen molar-refractivity contribution in [3.63, 3.8) is 0 Å². The van der Waals surface area contributed by atoms with Gasteiger partial charge in [-0.25, -0.2) is 14.6 Å². The maximum atomic E-state index is 11.6. The van der Waals surface area contributed by atoms with Gasteiger partial charge < -0.3 is 25.9 Å². The molecule has 9 heteroatoms. The topological polar surface area (TPSA) is 148 Å². The van der Waals surface area contributed by atoms with Gasteiger partial charge in [-0.15, -0.1) is 0 Å². The smallest absolute Gasteiger partial charge is 0.326 e. The Kier molecular flexibility index (Phi) is 5.70. The molecule has 116 valence electrons. The van der Waals surface area contributed by atoms with E-state index in [0.29, 0.717) is 11.7 Å². The molecule has 0 aromatic carbocycles. The van der Waals surface area contributed by atoms with Crippen LogP contribution in [0.15, 0.2) is 4.42 Å². The van der Waals surface area contributed by atoms with E-state index in [2.05, 4.69) is 15.6 Å². The van der Waals surface area contributed by atoms with Gasteiger partial charge >= 0.3 is 12.0 Å². The Bertz CT molecular complexity index is 520. The van der Waals surface area contributed by atoms with E-state index in [9.17, 15) is 14.4 Å². The van der Waals surface area contributed by atoms with Crippen molar-refractivity contribution in [1.82, 2.24) is 15.6 Å². The monoisotopic (exact) mass is 298 g/mol. The second-order valence-corrected chi connectivity index (χ2v) is 4.47. The predicted molar refractivity (Wildman–Crippen MR) is 71.2 cm³/mol. The molecule has 9 nitrogen and oxygen atoms in total. The van der Waals surface area contributed by atoms with Crippen molar-refractivity contribution in [3.8, 4) is 0 Å². The summed E-state index contributed by atoms with van der Waals surface area (Å²) in [6.45, 7) is 3.55. The highest BCUT2D eigenvalue weighted by Gasteiger charge is 2.20. The maximum absolute atomic E-state index is 11.6. The number of carboxylic acid groups (broad SMARTS) is 1. The van der Waals surface area contributed by atoms with Crippen LogP contribution in [0.2, 0.25) is 0 Å². The Morgan fingerprint density at radius 1 is 1.38 bits per heavy atom. The van der Waals surface area contributed by atoms with Gasteiger partial charge in [0, 0.05) is 6.42 Å². The van der Waals surface area contributed by atoms with Gasteiger partial charge in [-0.3, -0.25) is 4.79 Å². The zero-order valence-corrected chi connectivity index (χ0v) is 11.8. The number of aryl methyl sites for hydroxylation is 2. The lowest BCUT2D eigenvalue weighted by Gasteiger charge is -2.13. The normalized spacial score (nSPS) is 11.7. The number of nitrogens with zero attached hydrogens (tertiary/aromatic N) is 1. The van der Waals surface area contributed by atoms with E-state index >= 15 is 0 Å². The van der Waals surface area contributed by atoms with E-state index in [1.165, 1.54) is 0 Å². The van der Waals surface area contributed by atoms with Crippen LogP contribution in [0.5, 0.6) is 0 Å². The standard InChI is InChI=1S/C12H18N4O5/c1-6-7(2)21-10(15-6)5-14-12(20)16-8(11(18)19)3-4-9(13)17/h8H,3-5H2,1-2H3,(H2,13,17)(H,18,19)(H2,14,16,20)/t8-/m1/s1. The lowest BCUT2D eigenvalue weighted by atomic mass is 10.1. The van der Waals surface area contributed by atoms with Crippen LogP contribution in [0, 0.1) is 13.8 Å². The number of nitrogens with two attached hydrogens (primary N) is 1. The minimum absolute atomic E-state index is 0.0304. The average molecular weight is 298 g/mol. The van der Waals surface area contributed by atoms with E-state index in [4.69, 9.17) is 15.3 Å². The zero-order chi connectivity index (χ0) is 16.0. The van der Waals surface area contributed by atoms with E-state index in [1.54, 1.807) is 13.8 Å². The second-order valence-electron chi connectivity index (χ2n) is 4.47. The molecule has 0 unspecified atom stereocenters. The summed E-state index contributed by atoms with van der Waals surface area (Å²) in [6, 6.07) is -1.88. The first-order valence-corrected chi connectivity index (χ1v) is 6.28. The number of primary amides is 1. The van der Waals surface area contributed by atoms with Crippen molar-refractivity contribution in [3.05, 3.63) is 17.3 Å². The molecule has 0 aliphatic heterocycles. The van der Waals surface area contributed by atoms with Crippen LogP contribution in [0.3, 0.4) is 0 Å². The van der Waals surface area contributed by atoms with Crippen LogP contribution < -0.4 is 16.4 Å². The maximum Gasteiger partial charge on any atom is 0.326 e. The summed E-state index contributed by atoms with van der Waals surface area (Å²) in [5.41, 5.74) is 5.66. The number of amides is 3. The number of carbonyl (C=O) groups excluding carboxylic acids is 2. The molecule has 1 rings (SSSR count). The Labute approximate surface area is 120 Å². The van der Waals surface area contributed by atoms with Crippen molar-refractivity contribution in [2.24, 2.45) is 5.73 Å². The summed E-state index contributed by atoms with van der Waals surface area (Å²) >= 11 is 0. The molecule has 5 N–H and O–H groups in total. The number of hydrogen-bond donors (Lipinski definition) is 4. The van der Waals surface area contributed by atoms with Gasteiger partial charge in [0.2, 0.25) is 11.8 Å². The van der Waals surface area contributed by atoms with Gasteiger partial charge in [-0.05, 0) is 20.3 Å². The summed E-state index contributed by atoms with van der Waals surface area (Å²) in [6.07, 6.45) is -0.204. The Morgan fingerprint density at radius 3 is 2.52 bits per heavy atom. The Hall–Kier alpha value is -2.58. The fraction of sp³-hybridized carbons (Fsp3) is 0.500. The molecule has 21 heavy (non-hydrogen) atoms. The lowest BCUT2D eigenvalue weighted by Crippen LogP contribution is -2.46. The lowest BCUT2D eigenvalue weighted by molar-refractivity contribution is -0.139. The third kappa shape index (κ3) is 5.51. The molecule has 3 amide bonds. The molecule has 0 fully saturated rings. The first kappa shape index (κ1) is 16.5. The highest BCUT2D eigenvalue weighted by atomic mass is 16.4. The van der Waals surface area contributed by atoms with Crippen molar-refractivity contribution in [2.75, 3.05) is 0 Å². The fourth-order valence-corrected chi connectivity index (χ4v) is 1.52. The molecular formula is C12H18N4O5. The molecule has 1 aromatic heterocycles. The van der Waals surface area contributed by atoms with E-state index in [-0.39, 0.29) is 19.4 Å². The molecule has 0 saturated carbocycles. The molecule has 1 aromatic rings. The van der Waals surface area contributed by atoms with E-state index in [1.807, 2.05) is 0 Å². The van der Waals surface area contributed by atoms with E-state index < -0.39 is 23.9 Å². The van der Waals surface area contributed by atoms with Crippen LogP contribution in [0.4, 0.5) is 4.79 Å². The summed E-state index contributed by atoms with van der Waals surface area (Å²) < 4.78 is 5.26. The zero-order valence-electron chi connectivity index (χ0n) is 11.8. The minimum atomic E-state index is -1.24. The fourth-order valence-electron chi connectivity index (χ4n) is 1.52. The third-order valence-electron chi connectivity index (χ3n) is 2.76. The number of aliphatic carboxylic acids is 1. The summed E-state index contributed by atoms with van der Waals surface area (Å²) in [7, 11) is 0. The molecule has 0 bridgehead atoms. The van der Waals surface area contributed by atoms with Gasteiger partial charge in [-0.2, -0.15) is 0 Å². The van der Waals surface area contributed by atoms with Crippen LogP contribution in [0.25, 0.3) is 0 Å². The first-order chi connectivity index (χ1) is 9.79. The molecule has 0 aliphatic rings. The van der Waals surface area contributed by atoms with Crippen molar-refractivity contribution < 1.29 is 23.9 Å². The highest BCUT2D eigenvalue weighted by Crippen LogP contribution is 2.07. The number of nitrogens with one attached hydrogen (secondary N) is 2. The highest BCUT2D eigenvalue weighted by molar-refractivity contribution is 5.83. The van der Waals surface area contributed by atoms with Gasteiger partial charge in [0.15, 0.2) is 0 Å². The van der Waals surface area contributed by atoms with E-state index in [0.717, 1.165) is 5.69 Å². The Balaban J connectivity index is 2.46. The number of carboxylic acids is 1. The summed E-state index contributed by atoms with van der Waals surface area (Å²) in [5, 5.41) is 13.6. The predicted octanol–water partition coefficient (Wildman–Crippen LogP) is -0.191. The van der Waals surface area contributed by atoms with Gasteiger partial charge in [0.1, 0.15) is 11.8 Å². The Morgan fingerprint density at radius 2 is 2.05 bits per heavy atom. The molecule has 0 spiro atoms. The first-order valence-electron chi connectivity index (χ1n) is 6.28. The molecule has 0 radical (unpaired) electrons. The van der Waals surface area contributed by atoms with Crippen molar-refractivity contribution in [1.29, 1.82) is 0 Å². The van der Waals surface area contributed by atoms with Crippen LogP contribution >= 0.6 is 0 Å². The second kappa shape index (κ2) is 7.27. The summed E-state index contributed by atoms with van der Waals surface area (Å²) in [4.78, 5) is 37.2. The van der Waals surface area contributed by atoms with Crippen LogP contribution in [-0.4, -0.2) is 34.0 Å². The quantitative estimate of drug-likeness (QED) is 0.548. The molecular weight excluding hydrogens is 280 g/mol. The molecule has 1 atom stereocenters. The van der Waals surface area contributed by atoms with Gasteiger partial charge in [0.25, 0.3) is 0 Å². The largest absolute Gasteiger partial charge is 0.480 e. The number of urea groups is 1.